The van der Waals surface area contributed by atoms with E-state index in [0.29, 0.717) is 16.1 Å². The number of rotatable bonds is 6. The van der Waals surface area contributed by atoms with Crippen LogP contribution in [0.3, 0.4) is 0 Å². The number of carbonyl (C=O) groups is 1. The van der Waals surface area contributed by atoms with Crippen molar-refractivity contribution in [1.82, 2.24) is 24.7 Å². The van der Waals surface area contributed by atoms with Gasteiger partial charge in [0.15, 0.2) is 16.1 Å². The minimum atomic E-state index is -0.151. The van der Waals surface area contributed by atoms with Crippen molar-refractivity contribution < 1.29 is 9.53 Å². The average Bonchev–Trinajstić information content (AvgIpc) is 3.28. The number of fused-ring (bicyclic) bond motifs is 1. The summed E-state index contributed by atoms with van der Waals surface area (Å²) in [5.74, 6) is 1.52. The molecule has 0 unspecified atom stereocenters. The minimum Gasteiger partial charge on any atom is -0.497 e. The number of nitrogens with zero attached hydrogens (tertiary/aromatic N) is 5. The smallest absolute Gasteiger partial charge is 0.236 e. The number of benzene rings is 1. The fourth-order valence-electron chi connectivity index (χ4n) is 2.56. The maximum Gasteiger partial charge on any atom is 0.236 e. The normalized spacial score (nSPS) is 10.9. The molecule has 142 valence electrons. The van der Waals surface area contributed by atoms with E-state index in [2.05, 4.69) is 25.5 Å². The van der Waals surface area contributed by atoms with Crippen molar-refractivity contribution in [3.05, 3.63) is 42.7 Å². The Bertz CT molecular complexity index is 1130. The highest BCUT2D eigenvalue weighted by Crippen LogP contribution is 2.29. The predicted molar refractivity (Wildman–Crippen MR) is 110 cm³/mol. The molecule has 28 heavy (non-hydrogen) atoms. The zero-order valence-corrected chi connectivity index (χ0v) is 16.8. The molecular weight excluding hydrogens is 396 g/mol. The first-order chi connectivity index (χ1) is 13.6. The van der Waals surface area contributed by atoms with Crippen molar-refractivity contribution in [3.63, 3.8) is 0 Å². The Morgan fingerprint density at radius 2 is 2.21 bits per heavy atom. The summed E-state index contributed by atoms with van der Waals surface area (Å²) in [6.07, 6.45) is 3.44. The van der Waals surface area contributed by atoms with E-state index in [4.69, 9.17) is 4.74 Å². The molecule has 10 heteroatoms. The number of thiazole rings is 1. The second-order valence-corrected chi connectivity index (χ2v) is 7.77. The molecular formula is C18H16N6O2S2. The van der Waals surface area contributed by atoms with Crippen LogP contribution in [0, 0.1) is 0 Å². The Labute approximate surface area is 169 Å². The molecule has 0 fully saturated rings. The van der Waals surface area contributed by atoms with Gasteiger partial charge in [0.25, 0.3) is 0 Å². The van der Waals surface area contributed by atoms with E-state index < -0.39 is 0 Å². The highest BCUT2D eigenvalue weighted by Gasteiger charge is 2.14. The number of aromatic nitrogens is 5. The quantitative estimate of drug-likeness (QED) is 0.486. The van der Waals surface area contributed by atoms with Crippen LogP contribution in [0.4, 0.5) is 5.13 Å². The standard InChI is InChI=1S/C18H16N6O2S2/c1-24-16(11-4-3-7-19-9-11)22-23-18(24)27-10-15(25)21-17-20-13-6-5-12(26-2)8-14(13)28-17/h3-9H,10H2,1-2H3,(H,20,21,25). The summed E-state index contributed by atoms with van der Waals surface area (Å²) in [6, 6.07) is 9.38. The van der Waals surface area contributed by atoms with Crippen molar-refractivity contribution in [2.75, 3.05) is 18.2 Å². The van der Waals surface area contributed by atoms with Crippen LogP contribution in [-0.4, -0.2) is 43.5 Å². The van der Waals surface area contributed by atoms with Gasteiger partial charge < -0.3 is 14.6 Å². The largest absolute Gasteiger partial charge is 0.497 e. The van der Waals surface area contributed by atoms with Crippen LogP contribution in [0.15, 0.2) is 47.9 Å². The first-order valence-corrected chi connectivity index (χ1v) is 10.1. The number of ether oxygens (including phenoxy) is 1. The highest BCUT2D eigenvalue weighted by molar-refractivity contribution is 7.99. The lowest BCUT2D eigenvalue weighted by Gasteiger charge is -2.03. The van der Waals surface area contributed by atoms with Gasteiger partial charge in [0.2, 0.25) is 5.91 Å². The van der Waals surface area contributed by atoms with Crippen LogP contribution in [-0.2, 0) is 11.8 Å². The van der Waals surface area contributed by atoms with Gasteiger partial charge in [0.05, 0.1) is 23.1 Å². The lowest BCUT2D eigenvalue weighted by Crippen LogP contribution is -2.14. The fourth-order valence-corrected chi connectivity index (χ4v) is 4.18. The summed E-state index contributed by atoms with van der Waals surface area (Å²) in [5.41, 5.74) is 1.70. The number of thioether (sulfide) groups is 1. The molecule has 4 aromatic rings. The van der Waals surface area contributed by atoms with Crippen molar-refractivity contribution in [3.8, 4) is 17.1 Å². The molecule has 0 aliphatic heterocycles. The topological polar surface area (TPSA) is 94.8 Å². The van der Waals surface area contributed by atoms with Gasteiger partial charge >= 0.3 is 0 Å². The van der Waals surface area contributed by atoms with Gasteiger partial charge in [-0.05, 0) is 30.3 Å². The van der Waals surface area contributed by atoms with Crippen molar-refractivity contribution in [1.29, 1.82) is 0 Å². The molecule has 0 aliphatic carbocycles. The monoisotopic (exact) mass is 412 g/mol. The molecule has 0 aliphatic rings. The maximum absolute atomic E-state index is 12.3. The third-order valence-electron chi connectivity index (χ3n) is 3.93. The molecule has 1 amide bonds. The zero-order chi connectivity index (χ0) is 19.5. The molecule has 3 aromatic heterocycles. The lowest BCUT2D eigenvalue weighted by molar-refractivity contribution is -0.113. The van der Waals surface area contributed by atoms with E-state index >= 15 is 0 Å². The third kappa shape index (κ3) is 3.82. The Hall–Kier alpha value is -2.98. The van der Waals surface area contributed by atoms with Crippen molar-refractivity contribution >= 4 is 44.4 Å². The first-order valence-electron chi connectivity index (χ1n) is 8.31. The molecule has 8 nitrogen and oxygen atoms in total. The Balaban J connectivity index is 1.40. The number of amides is 1. The summed E-state index contributed by atoms with van der Waals surface area (Å²) < 4.78 is 8.02. The molecule has 0 spiro atoms. The summed E-state index contributed by atoms with van der Waals surface area (Å²) in [5, 5.41) is 12.4. The molecule has 0 atom stereocenters. The van der Waals surface area contributed by atoms with Crippen LogP contribution in [0.5, 0.6) is 5.75 Å². The van der Waals surface area contributed by atoms with E-state index in [1.54, 1.807) is 19.5 Å². The number of pyridine rings is 1. The van der Waals surface area contributed by atoms with Gasteiger partial charge in [0, 0.05) is 25.0 Å². The average molecular weight is 413 g/mol. The second-order valence-electron chi connectivity index (χ2n) is 5.80. The molecule has 4 rings (SSSR count). The van der Waals surface area contributed by atoms with Gasteiger partial charge in [-0.2, -0.15) is 0 Å². The number of anilines is 1. The lowest BCUT2D eigenvalue weighted by atomic mass is 10.3. The van der Waals surface area contributed by atoms with Crippen LogP contribution in [0.1, 0.15) is 0 Å². The Morgan fingerprint density at radius 3 is 3.00 bits per heavy atom. The van der Waals surface area contributed by atoms with E-state index in [0.717, 1.165) is 21.5 Å². The van der Waals surface area contributed by atoms with E-state index in [9.17, 15) is 4.79 Å². The van der Waals surface area contributed by atoms with Gasteiger partial charge in [-0.25, -0.2) is 4.98 Å². The number of hydrogen-bond acceptors (Lipinski definition) is 8. The number of methoxy groups -OCH3 is 1. The van der Waals surface area contributed by atoms with E-state index in [1.165, 1.54) is 23.1 Å². The van der Waals surface area contributed by atoms with Crippen LogP contribution >= 0.6 is 23.1 Å². The molecule has 0 saturated carbocycles. The van der Waals surface area contributed by atoms with E-state index in [1.807, 2.05) is 41.9 Å². The molecule has 0 radical (unpaired) electrons. The zero-order valence-electron chi connectivity index (χ0n) is 15.1. The van der Waals surface area contributed by atoms with Crippen LogP contribution in [0.2, 0.25) is 0 Å². The Kier molecular flexibility index (Phi) is 5.22. The van der Waals surface area contributed by atoms with Crippen LogP contribution < -0.4 is 10.1 Å². The second kappa shape index (κ2) is 7.95. The molecule has 3 heterocycles. The van der Waals surface area contributed by atoms with Gasteiger partial charge in [-0.15, -0.1) is 10.2 Å². The van der Waals surface area contributed by atoms with Crippen molar-refractivity contribution in [2.45, 2.75) is 5.16 Å². The number of carbonyl (C=O) groups excluding carboxylic acids is 1. The van der Waals surface area contributed by atoms with Gasteiger partial charge in [0.1, 0.15) is 5.75 Å². The molecule has 0 bridgehead atoms. The predicted octanol–water partition coefficient (Wildman–Crippen LogP) is 3.23. The summed E-state index contributed by atoms with van der Waals surface area (Å²) in [4.78, 5) is 20.8. The van der Waals surface area contributed by atoms with Gasteiger partial charge in [-0.3, -0.25) is 9.78 Å². The minimum absolute atomic E-state index is 0.151. The molecule has 1 N–H and O–H groups in total. The van der Waals surface area contributed by atoms with Gasteiger partial charge in [-0.1, -0.05) is 23.1 Å². The van der Waals surface area contributed by atoms with E-state index in [-0.39, 0.29) is 11.7 Å². The third-order valence-corrected chi connectivity index (χ3v) is 5.88. The summed E-state index contributed by atoms with van der Waals surface area (Å²) in [7, 11) is 3.48. The molecule has 1 aromatic carbocycles. The summed E-state index contributed by atoms with van der Waals surface area (Å²) in [6.45, 7) is 0. The Morgan fingerprint density at radius 1 is 1.32 bits per heavy atom. The summed E-state index contributed by atoms with van der Waals surface area (Å²) >= 11 is 2.73. The number of hydrogen-bond donors (Lipinski definition) is 1. The maximum atomic E-state index is 12.3. The highest BCUT2D eigenvalue weighted by atomic mass is 32.2. The van der Waals surface area contributed by atoms with Crippen molar-refractivity contribution in [2.24, 2.45) is 7.05 Å². The van der Waals surface area contributed by atoms with Crippen LogP contribution in [0.25, 0.3) is 21.6 Å². The SMILES string of the molecule is COc1ccc2nc(NC(=O)CSc3nnc(-c4cccnc4)n3C)sc2c1. The fraction of sp³-hybridized carbons (Fsp3) is 0.167. The molecule has 0 saturated heterocycles. The first kappa shape index (κ1) is 18.4. The number of nitrogens with one attached hydrogen (secondary N) is 1.